The Morgan fingerprint density at radius 3 is 2.68 bits per heavy atom. The van der Waals surface area contributed by atoms with Crippen molar-refractivity contribution < 1.29 is 0 Å². The molecule has 0 saturated carbocycles. The smallest absolute Gasteiger partial charge is 0.157 e. The van der Waals surface area contributed by atoms with Gasteiger partial charge in [0.15, 0.2) is 5.65 Å². The zero-order chi connectivity index (χ0) is 15.7. The van der Waals surface area contributed by atoms with Crippen molar-refractivity contribution in [1.82, 2.24) is 19.6 Å². The van der Waals surface area contributed by atoms with Gasteiger partial charge in [0.05, 0.1) is 17.4 Å². The Labute approximate surface area is 130 Å². The van der Waals surface area contributed by atoms with Crippen molar-refractivity contribution in [2.45, 2.75) is 40.2 Å². The summed E-state index contributed by atoms with van der Waals surface area (Å²) in [5.41, 5.74) is 5.07. The van der Waals surface area contributed by atoms with E-state index in [0.29, 0.717) is 0 Å². The SMILES string of the molecule is CC[C@H](Nc1cc(C)nc2cc(C)nn12)c1cc(C)ccn1. The van der Waals surface area contributed by atoms with Crippen LogP contribution >= 0.6 is 0 Å². The third kappa shape index (κ3) is 2.79. The summed E-state index contributed by atoms with van der Waals surface area (Å²) < 4.78 is 1.86. The number of pyridine rings is 1. The summed E-state index contributed by atoms with van der Waals surface area (Å²) >= 11 is 0. The van der Waals surface area contributed by atoms with Gasteiger partial charge in [-0.25, -0.2) is 4.98 Å². The molecule has 0 fully saturated rings. The predicted octanol–water partition coefficient (Wildman–Crippen LogP) is 3.61. The molecule has 0 amide bonds. The summed E-state index contributed by atoms with van der Waals surface area (Å²) in [5.74, 6) is 0.950. The van der Waals surface area contributed by atoms with Crippen LogP contribution in [0.1, 0.15) is 42.0 Å². The van der Waals surface area contributed by atoms with E-state index >= 15 is 0 Å². The fourth-order valence-electron chi connectivity index (χ4n) is 2.63. The van der Waals surface area contributed by atoms with Crippen LogP contribution < -0.4 is 5.32 Å². The van der Waals surface area contributed by atoms with Gasteiger partial charge in [0, 0.05) is 24.0 Å². The minimum Gasteiger partial charge on any atom is -0.362 e. The Hall–Kier alpha value is -2.43. The van der Waals surface area contributed by atoms with Crippen LogP contribution in [0.3, 0.4) is 0 Å². The molecule has 5 nitrogen and oxygen atoms in total. The Morgan fingerprint density at radius 2 is 1.95 bits per heavy atom. The number of nitrogens with one attached hydrogen (secondary N) is 1. The molecule has 0 aliphatic carbocycles. The highest BCUT2D eigenvalue weighted by Gasteiger charge is 2.14. The Morgan fingerprint density at radius 1 is 1.14 bits per heavy atom. The summed E-state index contributed by atoms with van der Waals surface area (Å²) in [6, 6.07) is 8.30. The monoisotopic (exact) mass is 295 g/mol. The van der Waals surface area contributed by atoms with Gasteiger partial charge in [-0.1, -0.05) is 6.92 Å². The first-order valence-corrected chi connectivity index (χ1v) is 7.60. The fourth-order valence-corrected chi connectivity index (χ4v) is 2.63. The number of rotatable bonds is 4. The van der Waals surface area contributed by atoms with E-state index < -0.39 is 0 Å². The second-order valence-corrected chi connectivity index (χ2v) is 5.70. The third-order valence-electron chi connectivity index (χ3n) is 3.70. The third-order valence-corrected chi connectivity index (χ3v) is 3.70. The molecule has 114 valence electrons. The molecular formula is C17H21N5. The highest BCUT2D eigenvalue weighted by atomic mass is 15.3. The molecular weight excluding hydrogens is 274 g/mol. The van der Waals surface area contributed by atoms with Crippen molar-refractivity contribution >= 4 is 11.5 Å². The van der Waals surface area contributed by atoms with E-state index in [0.717, 1.165) is 35.0 Å². The topological polar surface area (TPSA) is 55.1 Å². The van der Waals surface area contributed by atoms with E-state index in [-0.39, 0.29) is 6.04 Å². The molecule has 3 aromatic heterocycles. The summed E-state index contributed by atoms with van der Waals surface area (Å²) in [4.78, 5) is 9.03. The quantitative estimate of drug-likeness (QED) is 0.799. The molecule has 3 heterocycles. The number of fused-ring (bicyclic) bond motifs is 1. The minimum atomic E-state index is 0.148. The standard InChI is InChI=1S/C17H21N5/c1-5-14(15-8-11(2)6-7-18-15)20-17-9-12(3)19-16-10-13(4)21-22(16)17/h6-10,14,20H,5H2,1-4H3/t14-/m0/s1. The van der Waals surface area contributed by atoms with E-state index in [1.165, 1.54) is 5.56 Å². The van der Waals surface area contributed by atoms with Crippen LogP contribution in [0.2, 0.25) is 0 Å². The van der Waals surface area contributed by atoms with Crippen LogP contribution in [-0.4, -0.2) is 19.6 Å². The van der Waals surface area contributed by atoms with Crippen molar-refractivity contribution in [2.75, 3.05) is 5.32 Å². The van der Waals surface area contributed by atoms with Gasteiger partial charge < -0.3 is 5.32 Å². The highest BCUT2D eigenvalue weighted by Crippen LogP contribution is 2.23. The highest BCUT2D eigenvalue weighted by molar-refractivity contribution is 5.51. The van der Waals surface area contributed by atoms with Crippen LogP contribution in [0.4, 0.5) is 5.82 Å². The number of aryl methyl sites for hydroxylation is 3. The first-order valence-electron chi connectivity index (χ1n) is 7.60. The van der Waals surface area contributed by atoms with E-state index in [1.54, 1.807) is 0 Å². The van der Waals surface area contributed by atoms with Crippen LogP contribution in [0.5, 0.6) is 0 Å². The van der Waals surface area contributed by atoms with Crippen LogP contribution in [0.25, 0.3) is 5.65 Å². The second kappa shape index (κ2) is 5.75. The van der Waals surface area contributed by atoms with E-state index in [4.69, 9.17) is 0 Å². The average molecular weight is 295 g/mol. The van der Waals surface area contributed by atoms with Crippen molar-refractivity contribution in [3.63, 3.8) is 0 Å². The number of aromatic nitrogens is 4. The number of anilines is 1. The summed E-state index contributed by atoms with van der Waals surface area (Å²) in [6.07, 6.45) is 2.81. The molecule has 0 bridgehead atoms. The molecule has 1 atom stereocenters. The van der Waals surface area contributed by atoms with Gasteiger partial charge in [-0.15, -0.1) is 0 Å². The van der Waals surface area contributed by atoms with E-state index in [1.807, 2.05) is 42.8 Å². The molecule has 0 aliphatic heterocycles. The first-order chi connectivity index (χ1) is 10.6. The molecule has 3 rings (SSSR count). The van der Waals surface area contributed by atoms with Gasteiger partial charge in [0.2, 0.25) is 0 Å². The summed E-state index contributed by atoms with van der Waals surface area (Å²) in [6.45, 7) is 8.22. The van der Waals surface area contributed by atoms with Crippen molar-refractivity contribution in [1.29, 1.82) is 0 Å². The Kier molecular flexibility index (Phi) is 3.79. The van der Waals surface area contributed by atoms with Gasteiger partial charge in [-0.3, -0.25) is 4.98 Å². The summed E-state index contributed by atoms with van der Waals surface area (Å²) in [5, 5.41) is 8.09. The molecule has 22 heavy (non-hydrogen) atoms. The molecule has 5 heteroatoms. The number of nitrogens with zero attached hydrogens (tertiary/aromatic N) is 4. The molecule has 0 radical (unpaired) electrons. The van der Waals surface area contributed by atoms with Gasteiger partial charge >= 0.3 is 0 Å². The average Bonchev–Trinajstić information content (AvgIpc) is 2.84. The molecule has 0 saturated heterocycles. The lowest BCUT2D eigenvalue weighted by molar-refractivity contribution is 0.709. The minimum absolute atomic E-state index is 0.148. The zero-order valence-corrected chi connectivity index (χ0v) is 13.5. The van der Waals surface area contributed by atoms with Gasteiger partial charge in [0.25, 0.3) is 0 Å². The van der Waals surface area contributed by atoms with E-state index in [2.05, 4.69) is 40.3 Å². The van der Waals surface area contributed by atoms with Gasteiger partial charge in [0.1, 0.15) is 5.82 Å². The maximum absolute atomic E-state index is 4.52. The molecule has 0 unspecified atom stereocenters. The lowest BCUT2D eigenvalue weighted by Crippen LogP contribution is -2.14. The zero-order valence-electron chi connectivity index (χ0n) is 13.5. The van der Waals surface area contributed by atoms with Crippen LogP contribution in [0.15, 0.2) is 30.5 Å². The molecule has 0 aromatic carbocycles. The Balaban J connectivity index is 2.00. The summed E-state index contributed by atoms with van der Waals surface area (Å²) in [7, 11) is 0. The van der Waals surface area contributed by atoms with Gasteiger partial charge in [-0.05, 0) is 44.9 Å². The lowest BCUT2D eigenvalue weighted by Gasteiger charge is -2.19. The molecule has 1 N–H and O–H groups in total. The molecule has 0 spiro atoms. The largest absolute Gasteiger partial charge is 0.362 e. The fraction of sp³-hybridized carbons (Fsp3) is 0.353. The van der Waals surface area contributed by atoms with Crippen molar-refractivity contribution in [3.05, 3.63) is 53.1 Å². The van der Waals surface area contributed by atoms with E-state index in [9.17, 15) is 0 Å². The van der Waals surface area contributed by atoms with Crippen LogP contribution in [-0.2, 0) is 0 Å². The lowest BCUT2D eigenvalue weighted by atomic mass is 10.1. The predicted molar refractivity (Wildman–Crippen MR) is 88.1 cm³/mol. The normalized spacial score (nSPS) is 12.5. The maximum Gasteiger partial charge on any atom is 0.157 e. The Bertz CT molecular complexity index is 806. The number of hydrogen-bond acceptors (Lipinski definition) is 4. The molecule has 3 aromatic rings. The van der Waals surface area contributed by atoms with Crippen molar-refractivity contribution in [3.8, 4) is 0 Å². The van der Waals surface area contributed by atoms with Crippen LogP contribution in [0, 0.1) is 20.8 Å². The first kappa shape index (κ1) is 14.5. The van der Waals surface area contributed by atoms with Crippen molar-refractivity contribution in [2.24, 2.45) is 0 Å². The van der Waals surface area contributed by atoms with Gasteiger partial charge in [-0.2, -0.15) is 9.61 Å². The second-order valence-electron chi connectivity index (χ2n) is 5.70. The molecule has 0 aliphatic rings. The number of hydrogen-bond donors (Lipinski definition) is 1. The maximum atomic E-state index is 4.52.